The van der Waals surface area contributed by atoms with Crippen LogP contribution in [-0.2, 0) is 4.74 Å². The highest BCUT2D eigenvalue weighted by molar-refractivity contribution is 5.78. The summed E-state index contributed by atoms with van der Waals surface area (Å²) in [7, 11) is 0. The number of anilines is 2. The zero-order valence-corrected chi connectivity index (χ0v) is 16.5. The maximum absolute atomic E-state index is 13.9. The molecule has 3 aromatic rings. The molecule has 2 saturated heterocycles. The molecule has 2 aliphatic rings. The molecular weight excluding hydrogens is 392 g/mol. The summed E-state index contributed by atoms with van der Waals surface area (Å²) in [4.78, 5) is 17.8. The number of benzene rings is 1. The Morgan fingerprint density at radius 3 is 2.40 bits per heavy atom. The fourth-order valence-electron chi connectivity index (χ4n) is 3.92. The summed E-state index contributed by atoms with van der Waals surface area (Å²) < 4.78 is 34.7. The summed E-state index contributed by atoms with van der Waals surface area (Å²) in [6.07, 6.45) is -2.72. The molecule has 2 fully saturated rings. The number of halogens is 2. The lowest BCUT2D eigenvalue weighted by Crippen LogP contribution is -2.44. The molecule has 1 aromatic carbocycles. The second-order valence-electron chi connectivity index (χ2n) is 7.32. The molecule has 30 heavy (non-hydrogen) atoms. The van der Waals surface area contributed by atoms with Gasteiger partial charge in [0.05, 0.1) is 24.2 Å². The third-order valence-electron chi connectivity index (χ3n) is 5.43. The van der Waals surface area contributed by atoms with Gasteiger partial charge in [-0.3, -0.25) is 4.57 Å². The van der Waals surface area contributed by atoms with Crippen LogP contribution in [-0.4, -0.2) is 72.0 Å². The Kier molecular flexibility index (Phi) is 5.17. The minimum absolute atomic E-state index is 0.311. The fourth-order valence-corrected chi connectivity index (χ4v) is 3.92. The number of ether oxygens (including phenoxy) is 1. The van der Waals surface area contributed by atoms with Crippen molar-refractivity contribution >= 4 is 22.8 Å². The molecule has 2 aliphatic heterocycles. The number of hydrogen-bond donors (Lipinski definition) is 1. The standard InChI is InChI=1S/C20H23F2N7O/c21-18(22)19-24-14-3-1-2-4-15(14)29(19)17-13-16(27-7-5-23-6-8-27)25-20(26-17)28-9-11-30-12-10-28/h1-4,13,18,23H,5-12H2. The van der Waals surface area contributed by atoms with E-state index < -0.39 is 6.43 Å². The normalized spacial score (nSPS) is 17.8. The van der Waals surface area contributed by atoms with E-state index in [1.54, 1.807) is 24.3 Å². The average molecular weight is 415 g/mol. The zero-order valence-electron chi connectivity index (χ0n) is 16.5. The Bertz CT molecular complexity index is 993. The van der Waals surface area contributed by atoms with Crippen LogP contribution in [0, 0.1) is 0 Å². The van der Waals surface area contributed by atoms with Gasteiger partial charge < -0.3 is 19.9 Å². The molecular formula is C20H23F2N7O. The number of imidazole rings is 1. The van der Waals surface area contributed by atoms with Crippen molar-refractivity contribution in [1.29, 1.82) is 0 Å². The number of alkyl halides is 2. The van der Waals surface area contributed by atoms with Gasteiger partial charge in [0.15, 0.2) is 5.82 Å². The van der Waals surface area contributed by atoms with Gasteiger partial charge in [0, 0.05) is 45.3 Å². The van der Waals surface area contributed by atoms with Crippen LogP contribution < -0.4 is 15.1 Å². The smallest absolute Gasteiger partial charge is 0.296 e. The molecule has 2 aromatic heterocycles. The number of fused-ring (bicyclic) bond motifs is 1. The van der Waals surface area contributed by atoms with Crippen LogP contribution in [0.4, 0.5) is 20.5 Å². The van der Waals surface area contributed by atoms with Crippen molar-refractivity contribution in [2.75, 3.05) is 62.3 Å². The summed E-state index contributed by atoms with van der Waals surface area (Å²) in [6.45, 7) is 5.80. The quantitative estimate of drug-likeness (QED) is 0.699. The summed E-state index contributed by atoms with van der Waals surface area (Å²) >= 11 is 0. The van der Waals surface area contributed by atoms with Gasteiger partial charge in [0.2, 0.25) is 5.95 Å². The zero-order chi connectivity index (χ0) is 20.5. The molecule has 1 N–H and O–H groups in total. The molecule has 0 atom stereocenters. The predicted octanol–water partition coefficient (Wildman–Crippen LogP) is 2.00. The van der Waals surface area contributed by atoms with Gasteiger partial charge in [-0.1, -0.05) is 12.1 Å². The molecule has 0 radical (unpaired) electrons. The van der Waals surface area contributed by atoms with Gasteiger partial charge in [-0.05, 0) is 12.1 Å². The Morgan fingerprint density at radius 1 is 0.900 bits per heavy atom. The summed E-state index contributed by atoms with van der Waals surface area (Å²) in [5, 5.41) is 3.33. The highest BCUT2D eigenvalue weighted by Crippen LogP contribution is 2.29. The molecule has 158 valence electrons. The van der Waals surface area contributed by atoms with Crippen LogP contribution in [0.5, 0.6) is 0 Å². The van der Waals surface area contributed by atoms with Gasteiger partial charge in [-0.25, -0.2) is 13.8 Å². The largest absolute Gasteiger partial charge is 0.378 e. The number of aromatic nitrogens is 4. The van der Waals surface area contributed by atoms with Crippen molar-refractivity contribution in [3.63, 3.8) is 0 Å². The van der Waals surface area contributed by atoms with Gasteiger partial charge >= 0.3 is 0 Å². The predicted molar refractivity (Wildman–Crippen MR) is 110 cm³/mol. The topological polar surface area (TPSA) is 71.3 Å². The molecule has 0 amide bonds. The SMILES string of the molecule is FC(F)c1nc2ccccc2n1-c1cc(N2CCNCC2)nc(N2CCOCC2)n1. The lowest BCUT2D eigenvalue weighted by molar-refractivity contribution is 0.122. The Balaban J connectivity index is 1.67. The van der Waals surface area contributed by atoms with Crippen LogP contribution in [0.2, 0.25) is 0 Å². The number of rotatable bonds is 4. The summed E-state index contributed by atoms with van der Waals surface area (Å²) in [5.74, 6) is 1.36. The minimum atomic E-state index is -2.72. The van der Waals surface area contributed by atoms with E-state index in [0.29, 0.717) is 49.1 Å². The number of nitrogens with zero attached hydrogens (tertiary/aromatic N) is 6. The average Bonchev–Trinajstić information content (AvgIpc) is 3.20. The van der Waals surface area contributed by atoms with Gasteiger partial charge in [0.1, 0.15) is 11.6 Å². The number of morpholine rings is 1. The number of piperazine rings is 1. The van der Waals surface area contributed by atoms with Crippen molar-refractivity contribution in [2.24, 2.45) is 0 Å². The van der Waals surface area contributed by atoms with Crippen LogP contribution >= 0.6 is 0 Å². The molecule has 0 bridgehead atoms. The van der Waals surface area contributed by atoms with E-state index >= 15 is 0 Å². The van der Waals surface area contributed by atoms with Crippen LogP contribution in [0.3, 0.4) is 0 Å². The van der Waals surface area contributed by atoms with Crippen molar-refractivity contribution in [2.45, 2.75) is 6.43 Å². The molecule has 8 nitrogen and oxygen atoms in total. The molecule has 5 rings (SSSR count). The van der Waals surface area contributed by atoms with E-state index in [4.69, 9.17) is 14.7 Å². The van der Waals surface area contributed by atoms with Crippen molar-refractivity contribution in [3.8, 4) is 5.82 Å². The van der Waals surface area contributed by atoms with E-state index in [2.05, 4.69) is 15.2 Å². The minimum Gasteiger partial charge on any atom is -0.378 e. The first-order valence-electron chi connectivity index (χ1n) is 10.1. The van der Waals surface area contributed by atoms with Gasteiger partial charge in [-0.15, -0.1) is 0 Å². The third kappa shape index (κ3) is 3.56. The highest BCUT2D eigenvalue weighted by atomic mass is 19.3. The monoisotopic (exact) mass is 415 g/mol. The molecule has 0 spiro atoms. The van der Waals surface area contributed by atoms with Crippen LogP contribution in [0.1, 0.15) is 12.2 Å². The first kappa shape index (κ1) is 19.1. The van der Waals surface area contributed by atoms with E-state index in [0.717, 1.165) is 32.0 Å². The molecule has 0 saturated carbocycles. The Labute approximate surface area is 172 Å². The van der Waals surface area contributed by atoms with Crippen LogP contribution in [0.15, 0.2) is 30.3 Å². The lowest BCUT2D eigenvalue weighted by Gasteiger charge is -2.31. The van der Waals surface area contributed by atoms with Crippen LogP contribution in [0.25, 0.3) is 16.9 Å². The van der Waals surface area contributed by atoms with Gasteiger partial charge in [-0.2, -0.15) is 9.97 Å². The molecule has 0 aliphatic carbocycles. The first-order valence-corrected chi connectivity index (χ1v) is 10.1. The second kappa shape index (κ2) is 8.11. The highest BCUT2D eigenvalue weighted by Gasteiger charge is 2.24. The van der Waals surface area contributed by atoms with Crippen molar-refractivity contribution < 1.29 is 13.5 Å². The number of para-hydroxylation sites is 2. The van der Waals surface area contributed by atoms with E-state index in [1.807, 2.05) is 11.0 Å². The first-order chi connectivity index (χ1) is 14.7. The maximum atomic E-state index is 13.9. The summed E-state index contributed by atoms with van der Waals surface area (Å²) in [5.41, 5.74) is 1.12. The number of hydrogen-bond acceptors (Lipinski definition) is 7. The molecule has 4 heterocycles. The Hall–Kier alpha value is -2.85. The number of nitrogens with one attached hydrogen (secondary N) is 1. The maximum Gasteiger partial charge on any atom is 0.296 e. The van der Waals surface area contributed by atoms with Crippen molar-refractivity contribution in [3.05, 3.63) is 36.2 Å². The lowest BCUT2D eigenvalue weighted by atomic mass is 10.3. The molecule has 10 heteroatoms. The molecule has 0 unspecified atom stereocenters. The van der Waals surface area contributed by atoms with E-state index in [1.165, 1.54) is 4.57 Å². The van der Waals surface area contributed by atoms with Gasteiger partial charge in [0.25, 0.3) is 6.43 Å². The van der Waals surface area contributed by atoms with E-state index in [9.17, 15) is 8.78 Å². The fraction of sp³-hybridized carbons (Fsp3) is 0.450. The Morgan fingerprint density at radius 2 is 1.63 bits per heavy atom. The summed E-state index contributed by atoms with van der Waals surface area (Å²) in [6, 6.07) is 8.92. The van der Waals surface area contributed by atoms with Crippen molar-refractivity contribution in [1.82, 2.24) is 24.8 Å². The van der Waals surface area contributed by atoms with E-state index in [-0.39, 0.29) is 5.82 Å². The second-order valence-corrected chi connectivity index (χ2v) is 7.32. The third-order valence-corrected chi connectivity index (χ3v) is 5.43.